The highest BCUT2D eigenvalue weighted by molar-refractivity contribution is 5.92. The van der Waals surface area contributed by atoms with Gasteiger partial charge in [0.2, 0.25) is 0 Å². The number of nitrogens with one attached hydrogen (secondary N) is 1. The van der Waals surface area contributed by atoms with E-state index in [0.29, 0.717) is 18.1 Å². The lowest BCUT2D eigenvalue weighted by Gasteiger charge is -2.11. The van der Waals surface area contributed by atoms with Crippen molar-refractivity contribution >= 4 is 11.9 Å². The number of amides is 1. The van der Waals surface area contributed by atoms with Crippen molar-refractivity contribution in [3.63, 3.8) is 0 Å². The van der Waals surface area contributed by atoms with E-state index in [1.54, 1.807) is 32.2 Å². The van der Waals surface area contributed by atoms with Gasteiger partial charge < -0.3 is 19.5 Å². The van der Waals surface area contributed by atoms with Crippen molar-refractivity contribution in [3.05, 3.63) is 47.8 Å². The number of carbonyl (C=O) groups is 2. The second-order valence-corrected chi connectivity index (χ2v) is 6.14. The number of ether oxygens (including phenoxy) is 3. The molecule has 1 amide bonds. The van der Waals surface area contributed by atoms with Crippen LogP contribution in [0.1, 0.15) is 28.9 Å². The Kier molecular flexibility index (Phi) is 3.99. The number of esters is 1. The molecule has 1 aromatic carbocycles. The first-order valence-corrected chi connectivity index (χ1v) is 8.45. The van der Waals surface area contributed by atoms with Gasteiger partial charge in [0.25, 0.3) is 5.91 Å². The molecule has 26 heavy (non-hydrogen) atoms. The third-order valence-electron chi connectivity index (χ3n) is 4.54. The predicted molar refractivity (Wildman–Crippen MR) is 91.4 cm³/mol. The Morgan fingerprint density at radius 3 is 2.81 bits per heavy atom. The van der Waals surface area contributed by atoms with E-state index < -0.39 is 0 Å². The third kappa shape index (κ3) is 2.75. The van der Waals surface area contributed by atoms with Crippen LogP contribution in [0.25, 0.3) is 0 Å². The Hall–Kier alpha value is -3.09. The molecule has 0 saturated heterocycles. The van der Waals surface area contributed by atoms with Crippen molar-refractivity contribution in [2.45, 2.75) is 18.9 Å². The smallest absolute Gasteiger partial charge is 0.313 e. The summed E-state index contributed by atoms with van der Waals surface area (Å²) in [5, 5.41) is 2.53. The van der Waals surface area contributed by atoms with E-state index >= 15 is 0 Å². The first-order chi connectivity index (χ1) is 12.6. The van der Waals surface area contributed by atoms with Gasteiger partial charge in [0, 0.05) is 30.8 Å². The fourth-order valence-corrected chi connectivity index (χ4v) is 3.29. The lowest BCUT2D eigenvalue weighted by atomic mass is 10.1. The quantitative estimate of drug-likeness (QED) is 0.829. The van der Waals surface area contributed by atoms with E-state index in [0.717, 1.165) is 11.3 Å². The average molecular weight is 354 g/mol. The number of carbonyl (C=O) groups excluding carboxylic acids is 2. The second kappa shape index (κ2) is 6.33. The number of benzene rings is 1. The largest absolute Gasteiger partial charge is 0.489 e. The molecule has 2 aliphatic rings. The molecule has 0 spiro atoms. The minimum Gasteiger partial charge on any atom is -0.489 e. The van der Waals surface area contributed by atoms with Gasteiger partial charge in [-0.05, 0) is 31.2 Å². The molecule has 1 fully saturated rings. The first-order valence-electron chi connectivity index (χ1n) is 8.45. The van der Waals surface area contributed by atoms with Gasteiger partial charge in [0.1, 0.15) is 35.0 Å². The molecule has 2 heterocycles. The Morgan fingerprint density at radius 1 is 1.23 bits per heavy atom. The van der Waals surface area contributed by atoms with Crippen molar-refractivity contribution in [1.82, 2.24) is 10.3 Å². The first kappa shape index (κ1) is 16.4. The SMILES string of the molecule is CCOC(=O)C1C2Oc3ccc(Oc4ccnc(C(=O)NC)c4)cc3C21. The summed E-state index contributed by atoms with van der Waals surface area (Å²) in [5.41, 5.74) is 1.23. The predicted octanol–water partition coefficient (Wildman–Crippen LogP) is 2.27. The van der Waals surface area contributed by atoms with Crippen molar-refractivity contribution in [2.24, 2.45) is 5.92 Å². The van der Waals surface area contributed by atoms with E-state index in [2.05, 4.69) is 10.3 Å². The highest BCUT2D eigenvalue weighted by Crippen LogP contribution is 2.59. The van der Waals surface area contributed by atoms with Gasteiger partial charge in [-0.15, -0.1) is 0 Å². The second-order valence-electron chi connectivity index (χ2n) is 6.14. The van der Waals surface area contributed by atoms with Crippen LogP contribution >= 0.6 is 0 Å². The molecule has 0 radical (unpaired) electrons. The zero-order chi connectivity index (χ0) is 18.3. The molecule has 1 aliphatic heterocycles. The summed E-state index contributed by atoms with van der Waals surface area (Å²) in [6.45, 7) is 2.15. The molecule has 3 unspecified atom stereocenters. The summed E-state index contributed by atoms with van der Waals surface area (Å²) in [6.07, 6.45) is 1.38. The van der Waals surface area contributed by atoms with Crippen LogP contribution in [-0.2, 0) is 9.53 Å². The number of fused-ring (bicyclic) bond motifs is 3. The highest BCUT2D eigenvalue weighted by atomic mass is 16.5. The van der Waals surface area contributed by atoms with E-state index in [1.807, 2.05) is 12.1 Å². The fraction of sp³-hybridized carbons (Fsp3) is 0.316. The van der Waals surface area contributed by atoms with Crippen LogP contribution in [0, 0.1) is 5.92 Å². The Balaban J connectivity index is 1.53. The number of hydrogen-bond acceptors (Lipinski definition) is 6. The number of aromatic nitrogens is 1. The van der Waals surface area contributed by atoms with E-state index in [-0.39, 0.29) is 35.5 Å². The number of nitrogens with zero attached hydrogens (tertiary/aromatic N) is 1. The number of rotatable bonds is 5. The van der Waals surface area contributed by atoms with Gasteiger partial charge in [-0.1, -0.05) is 0 Å². The molecule has 134 valence electrons. The lowest BCUT2D eigenvalue weighted by molar-refractivity contribution is -0.145. The maximum Gasteiger partial charge on any atom is 0.313 e. The molecule has 7 nitrogen and oxygen atoms in total. The molecule has 1 aromatic heterocycles. The van der Waals surface area contributed by atoms with Crippen molar-refractivity contribution in [1.29, 1.82) is 0 Å². The molecule has 3 atom stereocenters. The van der Waals surface area contributed by atoms with Crippen LogP contribution in [0.15, 0.2) is 36.5 Å². The molecule has 4 rings (SSSR count). The summed E-state index contributed by atoms with van der Waals surface area (Å²) in [5.74, 6) is 1.17. The van der Waals surface area contributed by atoms with Gasteiger partial charge in [0.05, 0.1) is 6.61 Å². The lowest BCUT2D eigenvalue weighted by Crippen LogP contribution is -2.18. The normalized spacial score (nSPS) is 21.8. The average Bonchev–Trinajstić information content (AvgIpc) is 3.25. The van der Waals surface area contributed by atoms with Crippen LogP contribution < -0.4 is 14.8 Å². The topological polar surface area (TPSA) is 86.8 Å². The van der Waals surface area contributed by atoms with Crippen LogP contribution in [0.5, 0.6) is 17.2 Å². The van der Waals surface area contributed by atoms with E-state index in [9.17, 15) is 9.59 Å². The van der Waals surface area contributed by atoms with Gasteiger partial charge in [-0.25, -0.2) is 0 Å². The molecule has 7 heteroatoms. The van der Waals surface area contributed by atoms with Crippen molar-refractivity contribution in [3.8, 4) is 17.2 Å². The van der Waals surface area contributed by atoms with E-state index in [1.165, 1.54) is 6.20 Å². The molecular formula is C19H18N2O5. The van der Waals surface area contributed by atoms with Gasteiger partial charge in [-0.3, -0.25) is 14.6 Å². The van der Waals surface area contributed by atoms with E-state index in [4.69, 9.17) is 14.2 Å². The zero-order valence-corrected chi connectivity index (χ0v) is 14.4. The Morgan fingerprint density at radius 2 is 2.04 bits per heavy atom. The molecular weight excluding hydrogens is 336 g/mol. The monoisotopic (exact) mass is 354 g/mol. The maximum atomic E-state index is 12.0. The van der Waals surface area contributed by atoms with Crippen LogP contribution in [-0.4, -0.2) is 36.6 Å². The fourth-order valence-electron chi connectivity index (χ4n) is 3.29. The van der Waals surface area contributed by atoms with Crippen molar-refractivity contribution in [2.75, 3.05) is 13.7 Å². The number of hydrogen-bond donors (Lipinski definition) is 1. The van der Waals surface area contributed by atoms with Crippen LogP contribution in [0.3, 0.4) is 0 Å². The van der Waals surface area contributed by atoms with Gasteiger partial charge in [0.15, 0.2) is 0 Å². The summed E-state index contributed by atoms with van der Waals surface area (Å²) >= 11 is 0. The zero-order valence-electron chi connectivity index (χ0n) is 14.4. The maximum absolute atomic E-state index is 12.0. The summed E-state index contributed by atoms with van der Waals surface area (Å²) in [7, 11) is 1.55. The Bertz CT molecular complexity index is 882. The Labute approximate surface area is 150 Å². The standard InChI is InChI=1S/C19H18N2O5/c1-3-24-19(23)16-15-12-8-10(4-5-14(12)26-17(15)16)25-11-6-7-21-13(9-11)18(22)20-2/h4-9,15-17H,3H2,1-2H3,(H,20,22). The molecule has 1 N–H and O–H groups in total. The van der Waals surface area contributed by atoms with Crippen LogP contribution in [0.2, 0.25) is 0 Å². The summed E-state index contributed by atoms with van der Waals surface area (Å²) in [6, 6.07) is 8.75. The van der Waals surface area contributed by atoms with Gasteiger partial charge >= 0.3 is 5.97 Å². The number of pyridine rings is 1. The van der Waals surface area contributed by atoms with Gasteiger partial charge in [-0.2, -0.15) is 0 Å². The summed E-state index contributed by atoms with van der Waals surface area (Å²) in [4.78, 5) is 27.7. The molecule has 1 aliphatic carbocycles. The highest BCUT2D eigenvalue weighted by Gasteiger charge is 2.63. The molecule has 0 bridgehead atoms. The molecule has 2 aromatic rings. The molecule has 1 saturated carbocycles. The van der Waals surface area contributed by atoms with Crippen LogP contribution in [0.4, 0.5) is 0 Å². The minimum absolute atomic E-state index is 0.0199. The third-order valence-corrected chi connectivity index (χ3v) is 4.54. The summed E-state index contributed by atoms with van der Waals surface area (Å²) < 4.78 is 16.8. The minimum atomic E-state index is -0.282. The van der Waals surface area contributed by atoms with Crippen molar-refractivity contribution < 1.29 is 23.8 Å².